The highest BCUT2D eigenvalue weighted by molar-refractivity contribution is 8.24. The maximum Gasteiger partial charge on any atom is 0.245 e. The minimum absolute atomic E-state index is 0.115. The van der Waals surface area contributed by atoms with Crippen molar-refractivity contribution in [3.8, 4) is 0 Å². The molecule has 1 aliphatic rings. The lowest BCUT2D eigenvalue weighted by Crippen LogP contribution is -2.34. The molecule has 2 amide bonds. The lowest BCUT2D eigenvalue weighted by molar-refractivity contribution is -0.137. The van der Waals surface area contributed by atoms with Crippen molar-refractivity contribution in [2.45, 2.75) is 84.0 Å². The van der Waals surface area contributed by atoms with Gasteiger partial charge >= 0.3 is 0 Å². The van der Waals surface area contributed by atoms with Gasteiger partial charge in [-0.1, -0.05) is 95.1 Å². The molecule has 1 fully saturated rings. The summed E-state index contributed by atoms with van der Waals surface area (Å²) in [7, 11) is 0. The number of unbranched alkanes of at least 4 members (excludes halogenated alkanes) is 10. The summed E-state index contributed by atoms with van der Waals surface area (Å²) in [4.78, 5) is 24.6. The van der Waals surface area contributed by atoms with E-state index in [2.05, 4.69) is 6.92 Å². The molecular formula is C17H29NO2S2. The Morgan fingerprint density at radius 3 is 1.95 bits per heavy atom. The average Bonchev–Trinajstić information content (AvgIpc) is 2.83. The molecule has 0 aromatic rings. The summed E-state index contributed by atoms with van der Waals surface area (Å²) in [6.07, 6.45) is 14.3. The van der Waals surface area contributed by atoms with Crippen molar-refractivity contribution in [2.24, 2.45) is 0 Å². The predicted molar refractivity (Wildman–Crippen MR) is 98.0 cm³/mol. The Balaban J connectivity index is 1.92. The number of thiocarbonyl (C=S) groups is 1. The first-order valence-corrected chi connectivity index (χ1v) is 10.1. The largest absolute Gasteiger partial charge is 0.274 e. The highest BCUT2D eigenvalue weighted by Crippen LogP contribution is 2.21. The van der Waals surface area contributed by atoms with Crippen molar-refractivity contribution in [1.82, 2.24) is 4.90 Å². The van der Waals surface area contributed by atoms with Crippen LogP contribution in [-0.4, -0.2) is 26.8 Å². The summed E-state index contributed by atoms with van der Waals surface area (Å²) in [6.45, 7) is 2.25. The van der Waals surface area contributed by atoms with E-state index in [1.165, 1.54) is 74.4 Å². The Hall–Kier alpha value is -0.420. The van der Waals surface area contributed by atoms with Gasteiger partial charge in [0, 0.05) is 6.42 Å². The molecule has 0 atom stereocenters. The van der Waals surface area contributed by atoms with Crippen LogP contribution in [0.15, 0.2) is 0 Å². The van der Waals surface area contributed by atoms with Crippen LogP contribution in [0, 0.1) is 0 Å². The monoisotopic (exact) mass is 343 g/mol. The Kier molecular flexibility index (Phi) is 10.8. The smallest absolute Gasteiger partial charge is 0.245 e. The van der Waals surface area contributed by atoms with Crippen molar-refractivity contribution in [2.75, 3.05) is 5.75 Å². The van der Waals surface area contributed by atoms with Crippen molar-refractivity contribution in [3.05, 3.63) is 0 Å². The van der Waals surface area contributed by atoms with Gasteiger partial charge in [-0.3, -0.25) is 9.59 Å². The normalized spacial score (nSPS) is 14.9. The number of rotatable bonds is 12. The van der Waals surface area contributed by atoms with Crippen molar-refractivity contribution < 1.29 is 9.59 Å². The predicted octanol–water partition coefficient (Wildman–Crippen LogP) is 5.07. The molecule has 0 spiro atoms. The lowest BCUT2D eigenvalue weighted by atomic mass is 10.1. The van der Waals surface area contributed by atoms with E-state index in [0.29, 0.717) is 16.5 Å². The fourth-order valence-corrected chi connectivity index (χ4v) is 3.74. The van der Waals surface area contributed by atoms with E-state index in [0.717, 1.165) is 12.8 Å². The van der Waals surface area contributed by atoms with Crippen LogP contribution in [0.25, 0.3) is 0 Å². The van der Waals surface area contributed by atoms with Crippen LogP contribution >= 0.6 is 24.0 Å². The van der Waals surface area contributed by atoms with Gasteiger partial charge in [0.2, 0.25) is 11.8 Å². The molecule has 0 radical (unpaired) electrons. The van der Waals surface area contributed by atoms with Crippen LogP contribution in [0.4, 0.5) is 0 Å². The maximum absolute atomic E-state index is 11.9. The summed E-state index contributed by atoms with van der Waals surface area (Å²) in [6, 6.07) is 0. The summed E-state index contributed by atoms with van der Waals surface area (Å²) in [5, 5.41) is 0. The summed E-state index contributed by atoms with van der Waals surface area (Å²) >= 11 is 6.32. The first-order valence-electron chi connectivity index (χ1n) is 8.69. The van der Waals surface area contributed by atoms with Crippen molar-refractivity contribution in [3.63, 3.8) is 0 Å². The van der Waals surface area contributed by atoms with Gasteiger partial charge in [-0.15, -0.1) is 0 Å². The number of hydrogen-bond donors (Lipinski definition) is 0. The Labute approximate surface area is 144 Å². The zero-order valence-electron chi connectivity index (χ0n) is 13.8. The van der Waals surface area contributed by atoms with Gasteiger partial charge in [-0.25, -0.2) is 4.90 Å². The molecule has 0 aromatic carbocycles. The zero-order valence-corrected chi connectivity index (χ0v) is 15.4. The third-order valence-corrected chi connectivity index (χ3v) is 5.35. The van der Waals surface area contributed by atoms with Crippen LogP contribution in [0.5, 0.6) is 0 Å². The van der Waals surface area contributed by atoms with E-state index in [9.17, 15) is 9.59 Å². The molecular weight excluding hydrogens is 314 g/mol. The topological polar surface area (TPSA) is 37.4 Å². The van der Waals surface area contributed by atoms with Crippen LogP contribution in [0.1, 0.15) is 84.0 Å². The number of thioether (sulfide) groups is 1. The zero-order chi connectivity index (χ0) is 16.2. The van der Waals surface area contributed by atoms with E-state index in [1.807, 2.05) is 0 Å². The molecule has 1 heterocycles. The maximum atomic E-state index is 11.9. The Morgan fingerprint density at radius 2 is 1.50 bits per heavy atom. The van der Waals surface area contributed by atoms with Gasteiger partial charge in [-0.05, 0) is 6.42 Å². The Morgan fingerprint density at radius 1 is 1.00 bits per heavy atom. The highest BCUT2D eigenvalue weighted by atomic mass is 32.2. The molecule has 1 saturated heterocycles. The van der Waals surface area contributed by atoms with Crippen LogP contribution in [0.3, 0.4) is 0 Å². The number of imide groups is 1. The van der Waals surface area contributed by atoms with Crippen molar-refractivity contribution >= 4 is 40.1 Å². The number of carbonyl (C=O) groups is 2. The number of amides is 2. The van der Waals surface area contributed by atoms with Gasteiger partial charge in [0.05, 0.1) is 5.75 Å². The minimum atomic E-state index is -0.150. The van der Waals surface area contributed by atoms with Crippen LogP contribution in [0.2, 0.25) is 0 Å². The van der Waals surface area contributed by atoms with Crippen molar-refractivity contribution in [1.29, 1.82) is 0 Å². The molecule has 0 saturated carbocycles. The number of hydrogen-bond acceptors (Lipinski definition) is 4. The van der Waals surface area contributed by atoms with Crippen LogP contribution in [-0.2, 0) is 9.59 Å². The van der Waals surface area contributed by atoms with E-state index in [4.69, 9.17) is 12.2 Å². The molecule has 0 aliphatic carbocycles. The second kappa shape index (κ2) is 12.1. The first-order chi connectivity index (χ1) is 10.7. The van der Waals surface area contributed by atoms with E-state index in [-0.39, 0.29) is 11.8 Å². The molecule has 126 valence electrons. The molecule has 0 N–H and O–H groups in total. The molecule has 0 aromatic heterocycles. The molecule has 22 heavy (non-hydrogen) atoms. The van der Waals surface area contributed by atoms with E-state index < -0.39 is 0 Å². The molecule has 3 nitrogen and oxygen atoms in total. The fourth-order valence-electron chi connectivity index (χ4n) is 2.65. The molecule has 0 unspecified atom stereocenters. The van der Waals surface area contributed by atoms with Crippen LogP contribution < -0.4 is 0 Å². The number of nitrogens with zero attached hydrogens (tertiary/aromatic N) is 1. The quantitative estimate of drug-likeness (QED) is 0.366. The van der Waals surface area contributed by atoms with Gasteiger partial charge < -0.3 is 0 Å². The van der Waals surface area contributed by atoms with Gasteiger partial charge in [-0.2, -0.15) is 0 Å². The Bertz CT molecular complexity index is 356. The standard InChI is InChI=1S/C17H29NO2S2/c1-2-3-4-5-6-7-8-9-10-11-12-13-15(19)18-16(20)14-22-17(18)21/h2-14H2,1H3. The lowest BCUT2D eigenvalue weighted by Gasteiger charge is -2.12. The summed E-state index contributed by atoms with van der Waals surface area (Å²) in [5.74, 6) is 0.0574. The van der Waals surface area contributed by atoms with Gasteiger partial charge in [0.15, 0.2) is 0 Å². The average molecular weight is 344 g/mol. The molecule has 1 aliphatic heterocycles. The highest BCUT2D eigenvalue weighted by Gasteiger charge is 2.31. The molecule has 0 bridgehead atoms. The molecule has 1 rings (SSSR count). The van der Waals surface area contributed by atoms with E-state index in [1.54, 1.807) is 0 Å². The van der Waals surface area contributed by atoms with Gasteiger partial charge in [0.25, 0.3) is 0 Å². The second-order valence-electron chi connectivity index (χ2n) is 5.96. The third-order valence-electron chi connectivity index (χ3n) is 3.99. The third kappa shape index (κ3) is 7.73. The van der Waals surface area contributed by atoms with Gasteiger partial charge in [0.1, 0.15) is 4.32 Å². The fraction of sp³-hybridized carbons (Fsp3) is 0.824. The van der Waals surface area contributed by atoms with E-state index >= 15 is 0 Å². The first kappa shape index (κ1) is 19.6. The molecule has 5 heteroatoms. The second-order valence-corrected chi connectivity index (χ2v) is 7.57. The SMILES string of the molecule is CCCCCCCCCCCCCC(=O)N1C(=O)CSC1=S. The minimum Gasteiger partial charge on any atom is -0.274 e. The summed E-state index contributed by atoms with van der Waals surface area (Å²) in [5.41, 5.74) is 0. The number of carbonyl (C=O) groups excluding carboxylic acids is 2. The summed E-state index contributed by atoms with van der Waals surface area (Å²) < 4.78 is 0.429.